The van der Waals surface area contributed by atoms with Gasteiger partial charge in [0.1, 0.15) is 5.54 Å². The lowest BCUT2D eigenvalue weighted by atomic mass is 10.0. The molecule has 102 valence electrons. The molecule has 5 nitrogen and oxygen atoms in total. The molecule has 0 aromatic heterocycles. The SMILES string of the molecule is COc1cc(F)c(OC)c(C2(N=C=O)CC2)c1OC. The zero-order valence-electron chi connectivity index (χ0n) is 10.9. The topological polar surface area (TPSA) is 57.1 Å². The Kier molecular flexibility index (Phi) is 3.44. The molecular weight excluding hydrogens is 253 g/mol. The quantitative estimate of drug-likeness (QED) is 0.606. The maximum absolute atomic E-state index is 14.0. The summed E-state index contributed by atoms with van der Waals surface area (Å²) < 4.78 is 29.5. The Morgan fingerprint density at radius 1 is 1.21 bits per heavy atom. The van der Waals surface area contributed by atoms with E-state index >= 15 is 0 Å². The number of ether oxygens (including phenoxy) is 3. The second-order valence-electron chi connectivity index (χ2n) is 4.24. The van der Waals surface area contributed by atoms with Crippen molar-refractivity contribution in [2.45, 2.75) is 18.4 Å². The normalized spacial score (nSPS) is 15.4. The Balaban J connectivity index is 2.75. The van der Waals surface area contributed by atoms with Crippen LogP contribution in [0.25, 0.3) is 0 Å². The van der Waals surface area contributed by atoms with Gasteiger partial charge in [-0.25, -0.2) is 9.18 Å². The van der Waals surface area contributed by atoms with Gasteiger partial charge in [-0.1, -0.05) is 0 Å². The van der Waals surface area contributed by atoms with Crippen molar-refractivity contribution < 1.29 is 23.4 Å². The Labute approximate surface area is 110 Å². The summed E-state index contributed by atoms with van der Waals surface area (Å²) in [5, 5.41) is 0. The standard InChI is InChI=1S/C13H14FNO4/c1-17-9-6-8(14)11(18-2)10(12(9)19-3)13(4-5-13)15-7-16/h6H,4-5H2,1-3H3. The highest BCUT2D eigenvalue weighted by atomic mass is 19.1. The Bertz CT molecular complexity index is 548. The number of hydrogen-bond acceptors (Lipinski definition) is 5. The Hall–Kier alpha value is -2.07. The first-order valence-electron chi connectivity index (χ1n) is 5.71. The number of halogens is 1. The van der Waals surface area contributed by atoms with Crippen LogP contribution in [0, 0.1) is 5.82 Å². The lowest BCUT2D eigenvalue weighted by molar-refractivity contribution is 0.328. The second kappa shape index (κ2) is 4.90. The predicted octanol–water partition coefficient (Wildman–Crippen LogP) is 2.18. The number of hydrogen-bond donors (Lipinski definition) is 0. The molecule has 0 bridgehead atoms. The van der Waals surface area contributed by atoms with Crippen LogP contribution >= 0.6 is 0 Å². The molecule has 0 heterocycles. The largest absolute Gasteiger partial charge is 0.493 e. The van der Waals surface area contributed by atoms with Crippen molar-refractivity contribution in [3.8, 4) is 17.2 Å². The van der Waals surface area contributed by atoms with Crippen LogP contribution in [0.2, 0.25) is 0 Å². The fourth-order valence-electron chi connectivity index (χ4n) is 2.19. The van der Waals surface area contributed by atoms with Crippen LogP contribution in [-0.2, 0) is 10.3 Å². The molecule has 0 radical (unpaired) electrons. The number of aliphatic imine (C=N–C) groups is 1. The number of rotatable bonds is 5. The van der Waals surface area contributed by atoms with Crippen LogP contribution in [0.5, 0.6) is 17.2 Å². The van der Waals surface area contributed by atoms with E-state index in [1.54, 1.807) is 0 Å². The minimum atomic E-state index is -0.812. The third-order valence-corrected chi connectivity index (χ3v) is 3.23. The summed E-state index contributed by atoms with van der Waals surface area (Å²) in [6, 6.07) is 1.18. The highest BCUT2D eigenvalue weighted by Crippen LogP contribution is 2.58. The van der Waals surface area contributed by atoms with Crippen LogP contribution in [0.4, 0.5) is 4.39 Å². The van der Waals surface area contributed by atoms with Crippen LogP contribution in [0.15, 0.2) is 11.1 Å². The van der Waals surface area contributed by atoms with Gasteiger partial charge in [0.2, 0.25) is 6.08 Å². The average molecular weight is 267 g/mol. The van der Waals surface area contributed by atoms with Crippen LogP contribution in [-0.4, -0.2) is 27.4 Å². The van der Waals surface area contributed by atoms with Crippen molar-refractivity contribution in [1.82, 2.24) is 0 Å². The lowest BCUT2D eigenvalue weighted by Crippen LogP contribution is -2.10. The first-order chi connectivity index (χ1) is 9.13. The first kappa shape index (κ1) is 13.4. The van der Waals surface area contributed by atoms with E-state index in [4.69, 9.17) is 14.2 Å². The van der Waals surface area contributed by atoms with Crippen molar-refractivity contribution in [1.29, 1.82) is 0 Å². The predicted molar refractivity (Wildman–Crippen MR) is 65.1 cm³/mol. The molecule has 1 fully saturated rings. The van der Waals surface area contributed by atoms with Gasteiger partial charge in [0.15, 0.2) is 23.1 Å². The van der Waals surface area contributed by atoms with Gasteiger partial charge in [-0.2, -0.15) is 4.99 Å². The van der Waals surface area contributed by atoms with Crippen molar-refractivity contribution in [2.75, 3.05) is 21.3 Å². The zero-order chi connectivity index (χ0) is 14.0. The smallest absolute Gasteiger partial charge is 0.235 e. The van der Waals surface area contributed by atoms with Gasteiger partial charge in [-0.15, -0.1) is 0 Å². The van der Waals surface area contributed by atoms with Crippen LogP contribution < -0.4 is 14.2 Å². The molecule has 1 aromatic rings. The Morgan fingerprint density at radius 2 is 1.84 bits per heavy atom. The maximum atomic E-state index is 14.0. The van der Waals surface area contributed by atoms with E-state index in [0.29, 0.717) is 24.2 Å². The van der Waals surface area contributed by atoms with Crippen molar-refractivity contribution in [2.24, 2.45) is 4.99 Å². The Morgan fingerprint density at radius 3 is 2.26 bits per heavy atom. The van der Waals surface area contributed by atoms with Gasteiger partial charge in [0.05, 0.1) is 26.9 Å². The summed E-state index contributed by atoms with van der Waals surface area (Å²) in [7, 11) is 4.21. The molecule has 0 spiro atoms. The van der Waals surface area contributed by atoms with Crippen molar-refractivity contribution in [3.63, 3.8) is 0 Å². The van der Waals surface area contributed by atoms with E-state index in [2.05, 4.69) is 4.99 Å². The summed E-state index contributed by atoms with van der Waals surface area (Å²) in [4.78, 5) is 14.4. The van der Waals surface area contributed by atoms with E-state index in [9.17, 15) is 9.18 Å². The number of methoxy groups -OCH3 is 3. The van der Waals surface area contributed by atoms with Gasteiger partial charge in [0.25, 0.3) is 0 Å². The lowest BCUT2D eigenvalue weighted by Gasteiger charge is -2.20. The molecule has 1 aromatic carbocycles. The second-order valence-corrected chi connectivity index (χ2v) is 4.24. The molecule has 0 unspecified atom stereocenters. The van der Waals surface area contributed by atoms with Crippen molar-refractivity contribution >= 4 is 6.08 Å². The highest BCUT2D eigenvalue weighted by molar-refractivity contribution is 5.60. The van der Waals surface area contributed by atoms with Gasteiger partial charge in [0, 0.05) is 6.07 Å². The van der Waals surface area contributed by atoms with Crippen molar-refractivity contribution in [3.05, 3.63) is 17.4 Å². The molecular formula is C13H14FNO4. The molecule has 0 amide bonds. The highest BCUT2D eigenvalue weighted by Gasteiger charge is 2.50. The van der Waals surface area contributed by atoms with E-state index < -0.39 is 11.4 Å². The molecule has 0 N–H and O–H groups in total. The average Bonchev–Trinajstić information content (AvgIpc) is 3.18. The van der Waals surface area contributed by atoms with E-state index in [0.717, 1.165) is 0 Å². The van der Waals surface area contributed by atoms with Gasteiger partial charge >= 0.3 is 0 Å². The first-order valence-corrected chi connectivity index (χ1v) is 5.71. The summed E-state index contributed by atoms with van der Waals surface area (Å²) in [6.07, 6.45) is 2.75. The maximum Gasteiger partial charge on any atom is 0.235 e. The van der Waals surface area contributed by atoms with E-state index in [1.807, 2.05) is 0 Å². The molecule has 0 saturated heterocycles. The number of nitrogens with zero attached hydrogens (tertiary/aromatic N) is 1. The molecule has 1 aliphatic carbocycles. The van der Waals surface area contributed by atoms with Gasteiger partial charge < -0.3 is 14.2 Å². The fraction of sp³-hybridized carbons (Fsp3) is 0.462. The molecule has 0 atom stereocenters. The number of benzene rings is 1. The summed E-state index contributed by atoms with van der Waals surface area (Å²) in [6.45, 7) is 0. The van der Waals surface area contributed by atoms with Crippen LogP contribution in [0.3, 0.4) is 0 Å². The summed E-state index contributed by atoms with van der Waals surface area (Å²) in [5.41, 5.74) is -0.411. The molecule has 6 heteroatoms. The molecule has 19 heavy (non-hydrogen) atoms. The minimum absolute atomic E-state index is 0.0224. The number of carbonyl (C=O) groups excluding carboxylic acids is 1. The molecule has 1 saturated carbocycles. The third kappa shape index (κ3) is 2.04. The van der Waals surface area contributed by atoms with Gasteiger partial charge in [-0.3, -0.25) is 0 Å². The monoisotopic (exact) mass is 267 g/mol. The zero-order valence-corrected chi connectivity index (χ0v) is 10.9. The minimum Gasteiger partial charge on any atom is -0.493 e. The molecule has 0 aliphatic heterocycles. The fourth-order valence-corrected chi connectivity index (χ4v) is 2.19. The third-order valence-electron chi connectivity index (χ3n) is 3.23. The number of isocyanates is 1. The molecule has 1 aliphatic rings. The van der Waals surface area contributed by atoms with Crippen LogP contribution in [0.1, 0.15) is 18.4 Å². The molecule has 2 rings (SSSR count). The van der Waals surface area contributed by atoms with E-state index in [-0.39, 0.29) is 11.5 Å². The summed E-state index contributed by atoms with van der Waals surface area (Å²) in [5.74, 6) is 0.0112. The van der Waals surface area contributed by atoms with E-state index in [1.165, 1.54) is 33.5 Å². The summed E-state index contributed by atoms with van der Waals surface area (Å²) >= 11 is 0. The van der Waals surface area contributed by atoms with Gasteiger partial charge in [-0.05, 0) is 12.8 Å².